The maximum Gasteiger partial charge on any atom is 0.220 e. The van der Waals surface area contributed by atoms with Gasteiger partial charge in [-0.1, -0.05) is 26.7 Å². The Morgan fingerprint density at radius 2 is 1.94 bits per heavy atom. The van der Waals surface area contributed by atoms with Crippen molar-refractivity contribution in [1.29, 1.82) is 0 Å². The molecule has 0 heterocycles. The average molecular weight is 228 g/mol. The van der Waals surface area contributed by atoms with Crippen molar-refractivity contribution in [2.75, 3.05) is 6.54 Å². The molecule has 0 saturated carbocycles. The van der Waals surface area contributed by atoms with Crippen LogP contribution in [0.15, 0.2) is 0 Å². The smallest absolute Gasteiger partial charge is 0.220 e. The molecule has 4 heteroatoms. The molecule has 0 aliphatic heterocycles. The second-order valence-corrected chi connectivity index (χ2v) is 4.34. The quantitative estimate of drug-likeness (QED) is 0.588. The Morgan fingerprint density at radius 1 is 1.25 bits per heavy atom. The van der Waals surface area contributed by atoms with Crippen molar-refractivity contribution < 1.29 is 9.59 Å². The maximum absolute atomic E-state index is 11.4. The number of rotatable bonds is 9. The van der Waals surface area contributed by atoms with Gasteiger partial charge in [-0.3, -0.25) is 9.59 Å². The molecule has 0 aromatic heterocycles. The minimum atomic E-state index is -0.249. The molecular formula is C12H24N2O2. The van der Waals surface area contributed by atoms with Crippen LogP contribution in [0.1, 0.15) is 52.4 Å². The lowest BCUT2D eigenvalue weighted by molar-refractivity contribution is -0.122. The molecule has 2 amide bonds. The molecule has 0 aromatic rings. The SMILES string of the molecule is CC[C@H](C)CC(=O)NCCCCCC(N)=O. The van der Waals surface area contributed by atoms with Crippen LogP contribution >= 0.6 is 0 Å². The minimum Gasteiger partial charge on any atom is -0.370 e. The predicted octanol–water partition coefficient (Wildman–Crippen LogP) is 1.58. The Bertz CT molecular complexity index is 217. The monoisotopic (exact) mass is 228 g/mol. The Labute approximate surface area is 98.0 Å². The lowest BCUT2D eigenvalue weighted by Crippen LogP contribution is -2.25. The largest absolute Gasteiger partial charge is 0.370 e. The van der Waals surface area contributed by atoms with E-state index in [-0.39, 0.29) is 11.8 Å². The van der Waals surface area contributed by atoms with Gasteiger partial charge in [0.2, 0.25) is 11.8 Å². The Kier molecular flexibility index (Phi) is 8.58. The summed E-state index contributed by atoms with van der Waals surface area (Å²) in [5.41, 5.74) is 5.02. The van der Waals surface area contributed by atoms with Gasteiger partial charge < -0.3 is 11.1 Å². The summed E-state index contributed by atoms with van der Waals surface area (Å²) in [5.74, 6) is 0.333. The van der Waals surface area contributed by atoms with Crippen LogP contribution in [0.2, 0.25) is 0 Å². The number of primary amides is 1. The molecule has 3 N–H and O–H groups in total. The Morgan fingerprint density at radius 3 is 2.50 bits per heavy atom. The van der Waals surface area contributed by atoms with Crippen LogP contribution in [0.25, 0.3) is 0 Å². The van der Waals surface area contributed by atoms with Gasteiger partial charge in [0.1, 0.15) is 0 Å². The number of carbonyl (C=O) groups excluding carboxylic acids is 2. The number of nitrogens with one attached hydrogen (secondary N) is 1. The van der Waals surface area contributed by atoms with E-state index in [4.69, 9.17) is 5.73 Å². The highest BCUT2D eigenvalue weighted by Crippen LogP contribution is 2.05. The van der Waals surface area contributed by atoms with E-state index >= 15 is 0 Å². The topological polar surface area (TPSA) is 72.2 Å². The molecule has 0 radical (unpaired) electrons. The first kappa shape index (κ1) is 14.9. The number of carbonyl (C=O) groups is 2. The lowest BCUT2D eigenvalue weighted by Gasteiger charge is -2.08. The normalized spacial score (nSPS) is 12.1. The average Bonchev–Trinajstić information content (AvgIpc) is 2.22. The third-order valence-corrected chi connectivity index (χ3v) is 2.65. The summed E-state index contributed by atoms with van der Waals surface area (Å²) in [4.78, 5) is 21.8. The summed E-state index contributed by atoms with van der Waals surface area (Å²) in [7, 11) is 0. The lowest BCUT2D eigenvalue weighted by atomic mass is 10.1. The molecule has 0 rings (SSSR count). The highest BCUT2D eigenvalue weighted by Gasteiger charge is 2.05. The maximum atomic E-state index is 11.4. The molecule has 94 valence electrons. The van der Waals surface area contributed by atoms with E-state index in [0.717, 1.165) is 25.7 Å². The van der Waals surface area contributed by atoms with Gasteiger partial charge in [0, 0.05) is 19.4 Å². The standard InChI is InChI=1S/C12H24N2O2/c1-3-10(2)9-12(16)14-8-6-4-5-7-11(13)15/h10H,3-9H2,1-2H3,(H2,13,15)(H,14,16)/t10-/m0/s1. The first-order valence-corrected chi connectivity index (χ1v) is 6.11. The van der Waals surface area contributed by atoms with Gasteiger partial charge in [0.25, 0.3) is 0 Å². The molecule has 0 aliphatic rings. The molecule has 0 aromatic carbocycles. The van der Waals surface area contributed by atoms with E-state index in [2.05, 4.69) is 19.2 Å². The molecule has 1 atom stereocenters. The van der Waals surface area contributed by atoms with Gasteiger partial charge in [-0.15, -0.1) is 0 Å². The zero-order chi connectivity index (χ0) is 12.4. The second-order valence-electron chi connectivity index (χ2n) is 4.34. The Balaban J connectivity index is 3.31. The Hall–Kier alpha value is -1.06. The molecule has 0 fully saturated rings. The first-order valence-electron chi connectivity index (χ1n) is 6.11. The summed E-state index contributed by atoms with van der Waals surface area (Å²) in [6.07, 6.45) is 4.76. The van der Waals surface area contributed by atoms with Crippen molar-refractivity contribution in [3.63, 3.8) is 0 Å². The van der Waals surface area contributed by atoms with Crippen LogP contribution in [0.5, 0.6) is 0 Å². The van der Waals surface area contributed by atoms with Gasteiger partial charge in [0.05, 0.1) is 0 Å². The molecule has 4 nitrogen and oxygen atoms in total. The van der Waals surface area contributed by atoms with Crippen molar-refractivity contribution in [3.05, 3.63) is 0 Å². The minimum absolute atomic E-state index is 0.129. The fraction of sp³-hybridized carbons (Fsp3) is 0.833. The number of hydrogen-bond donors (Lipinski definition) is 2. The molecule has 0 bridgehead atoms. The summed E-state index contributed by atoms with van der Waals surface area (Å²) >= 11 is 0. The fourth-order valence-electron chi connectivity index (χ4n) is 1.36. The van der Waals surface area contributed by atoms with E-state index in [1.807, 2.05) is 0 Å². The molecule has 16 heavy (non-hydrogen) atoms. The van der Waals surface area contributed by atoms with Crippen molar-refractivity contribution in [2.24, 2.45) is 11.7 Å². The summed E-state index contributed by atoms with van der Waals surface area (Å²) < 4.78 is 0. The van der Waals surface area contributed by atoms with Crippen LogP contribution in [0.3, 0.4) is 0 Å². The van der Waals surface area contributed by atoms with E-state index in [1.54, 1.807) is 0 Å². The summed E-state index contributed by atoms with van der Waals surface area (Å²) in [6.45, 7) is 4.86. The van der Waals surface area contributed by atoms with Gasteiger partial charge >= 0.3 is 0 Å². The van der Waals surface area contributed by atoms with E-state index in [9.17, 15) is 9.59 Å². The van der Waals surface area contributed by atoms with Gasteiger partial charge in [-0.25, -0.2) is 0 Å². The number of unbranched alkanes of at least 4 members (excludes halogenated alkanes) is 2. The fourth-order valence-corrected chi connectivity index (χ4v) is 1.36. The van der Waals surface area contributed by atoms with Crippen LogP contribution in [-0.4, -0.2) is 18.4 Å². The van der Waals surface area contributed by atoms with Gasteiger partial charge in [-0.05, 0) is 18.8 Å². The third-order valence-electron chi connectivity index (χ3n) is 2.65. The van der Waals surface area contributed by atoms with Crippen LogP contribution in [0.4, 0.5) is 0 Å². The van der Waals surface area contributed by atoms with Crippen LogP contribution in [-0.2, 0) is 9.59 Å². The highest BCUT2D eigenvalue weighted by atomic mass is 16.1. The zero-order valence-electron chi connectivity index (χ0n) is 10.4. The predicted molar refractivity (Wildman–Crippen MR) is 64.7 cm³/mol. The number of amides is 2. The third kappa shape index (κ3) is 9.49. The van der Waals surface area contributed by atoms with E-state index in [1.165, 1.54) is 0 Å². The van der Waals surface area contributed by atoms with Crippen molar-refractivity contribution in [1.82, 2.24) is 5.32 Å². The van der Waals surface area contributed by atoms with Crippen molar-refractivity contribution >= 4 is 11.8 Å². The second kappa shape index (κ2) is 9.19. The van der Waals surface area contributed by atoms with Crippen molar-refractivity contribution in [2.45, 2.75) is 52.4 Å². The molecular weight excluding hydrogens is 204 g/mol. The molecule has 0 aliphatic carbocycles. The molecule has 0 spiro atoms. The molecule has 0 saturated heterocycles. The van der Waals surface area contributed by atoms with Gasteiger partial charge in [0.15, 0.2) is 0 Å². The van der Waals surface area contributed by atoms with Gasteiger partial charge in [-0.2, -0.15) is 0 Å². The molecule has 0 unspecified atom stereocenters. The van der Waals surface area contributed by atoms with Crippen molar-refractivity contribution in [3.8, 4) is 0 Å². The number of hydrogen-bond acceptors (Lipinski definition) is 2. The summed E-state index contributed by atoms with van der Waals surface area (Å²) in [6, 6.07) is 0. The van der Waals surface area contributed by atoms with Crippen LogP contribution in [0, 0.1) is 5.92 Å². The zero-order valence-corrected chi connectivity index (χ0v) is 10.4. The summed E-state index contributed by atoms with van der Waals surface area (Å²) in [5, 5.41) is 2.88. The van der Waals surface area contributed by atoms with E-state index < -0.39 is 0 Å². The first-order chi connectivity index (χ1) is 7.56. The van der Waals surface area contributed by atoms with E-state index in [0.29, 0.717) is 25.3 Å². The number of nitrogens with two attached hydrogens (primary N) is 1. The highest BCUT2D eigenvalue weighted by molar-refractivity contribution is 5.76. The van der Waals surface area contributed by atoms with Crippen LogP contribution < -0.4 is 11.1 Å².